The van der Waals surface area contributed by atoms with Crippen molar-refractivity contribution in [2.75, 3.05) is 13.4 Å². The molecule has 0 saturated carbocycles. The molecule has 8 heteroatoms. The summed E-state index contributed by atoms with van der Waals surface area (Å²) in [7, 11) is 1.64. The third kappa shape index (κ3) is 4.45. The van der Waals surface area contributed by atoms with Gasteiger partial charge in [0.25, 0.3) is 5.91 Å². The molecule has 2 heterocycles. The van der Waals surface area contributed by atoms with Gasteiger partial charge in [-0.25, -0.2) is 9.97 Å². The molecule has 0 saturated heterocycles. The van der Waals surface area contributed by atoms with Crippen molar-refractivity contribution in [1.82, 2.24) is 14.5 Å². The van der Waals surface area contributed by atoms with Crippen molar-refractivity contribution in [3.05, 3.63) is 82.2 Å². The fraction of sp³-hybridized carbons (Fsp3) is 0.130. The molecule has 4 rings (SSSR count). The van der Waals surface area contributed by atoms with Gasteiger partial charge in [0.05, 0.1) is 30.9 Å². The molecule has 0 aliphatic carbocycles. The summed E-state index contributed by atoms with van der Waals surface area (Å²) >= 11 is 2.93. The van der Waals surface area contributed by atoms with E-state index in [2.05, 4.69) is 15.0 Å². The van der Waals surface area contributed by atoms with E-state index in [0.717, 1.165) is 27.6 Å². The predicted molar refractivity (Wildman–Crippen MR) is 124 cm³/mol. The summed E-state index contributed by atoms with van der Waals surface area (Å²) in [5.41, 5.74) is 3.21. The Labute approximate surface area is 188 Å². The van der Waals surface area contributed by atoms with Crippen LogP contribution in [0, 0.1) is 6.92 Å². The number of aromatic nitrogens is 3. The number of carbonyl (C=O) groups is 1. The minimum absolute atomic E-state index is 0.293. The molecule has 0 atom stereocenters. The van der Waals surface area contributed by atoms with Crippen LogP contribution in [0.2, 0.25) is 0 Å². The topological polar surface area (TPSA) is 69.4 Å². The Bertz CT molecular complexity index is 1260. The maximum Gasteiger partial charge on any atom is 0.279 e. The van der Waals surface area contributed by atoms with Gasteiger partial charge in [0.2, 0.25) is 0 Å². The van der Waals surface area contributed by atoms with Crippen LogP contribution in [0.1, 0.15) is 15.2 Å². The van der Waals surface area contributed by atoms with Crippen molar-refractivity contribution in [3.63, 3.8) is 0 Å². The zero-order chi connectivity index (χ0) is 21.8. The van der Waals surface area contributed by atoms with Gasteiger partial charge in [-0.3, -0.25) is 9.36 Å². The van der Waals surface area contributed by atoms with Crippen molar-refractivity contribution in [1.29, 1.82) is 0 Å². The number of rotatable bonds is 5. The highest BCUT2D eigenvalue weighted by Gasteiger charge is 2.16. The summed E-state index contributed by atoms with van der Waals surface area (Å²) < 4.78 is 7.23. The highest BCUT2D eigenvalue weighted by atomic mass is 32.2. The smallest absolute Gasteiger partial charge is 0.279 e. The molecule has 0 fully saturated rings. The molecule has 0 aliphatic rings. The van der Waals surface area contributed by atoms with Gasteiger partial charge >= 0.3 is 0 Å². The van der Waals surface area contributed by atoms with Crippen molar-refractivity contribution in [3.8, 4) is 22.7 Å². The monoisotopic (exact) mass is 448 g/mol. The summed E-state index contributed by atoms with van der Waals surface area (Å²) in [4.78, 5) is 27.7. The fourth-order valence-electron chi connectivity index (χ4n) is 3.14. The Balaban J connectivity index is 1.92. The average Bonchev–Trinajstić information content (AvgIpc) is 3.15. The van der Waals surface area contributed by atoms with Gasteiger partial charge in [-0.15, -0.1) is 11.3 Å². The van der Waals surface area contributed by atoms with E-state index >= 15 is 0 Å². The summed E-state index contributed by atoms with van der Waals surface area (Å²) in [5, 5.41) is 0.682. The molecule has 0 aliphatic heterocycles. The van der Waals surface area contributed by atoms with Crippen molar-refractivity contribution < 1.29 is 9.53 Å². The second kappa shape index (κ2) is 9.28. The minimum Gasteiger partial charge on any atom is -0.497 e. The van der Waals surface area contributed by atoms with E-state index in [9.17, 15) is 4.79 Å². The average molecular weight is 449 g/mol. The molecule has 156 valence electrons. The van der Waals surface area contributed by atoms with Crippen LogP contribution in [0.15, 0.2) is 77.1 Å². The lowest BCUT2D eigenvalue weighted by Crippen LogP contribution is -2.17. The van der Waals surface area contributed by atoms with Gasteiger partial charge in [-0.1, -0.05) is 30.0 Å². The Hall–Kier alpha value is -3.23. The number of thioether (sulfide) groups is 1. The largest absolute Gasteiger partial charge is 0.497 e. The molecule has 0 N–H and O–H groups in total. The SMILES string of the molecule is COc1ccc(-c2c(C)sc(=NC(=O)c3ccccc3)n2-c2cnc(SC)nc2)cc1. The maximum atomic E-state index is 12.8. The Kier molecular flexibility index (Phi) is 6.29. The number of nitrogens with zero attached hydrogens (tertiary/aromatic N) is 4. The predicted octanol–water partition coefficient (Wildman–Crippen LogP) is 4.78. The molecule has 0 bridgehead atoms. The van der Waals surface area contributed by atoms with Crippen LogP contribution in [0.4, 0.5) is 0 Å². The lowest BCUT2D eigenvalue weighted by molar-refractivity contribution is 0.0998. The van der Waals surface area contributed by atoms with Crippen LogP contribution in [0.25, 0.3) is 16.9 Å². The van der Waals surface area contributed by atoms with E-state index in [-0.39, 0.29) is 5.91 Å². The first kappa shape index (κ1) is 21.0. The summed E-state index contributed by atoms with van der Waals surface area (Å²) in [6.07, 6.45) is 5.44. The highest BCUT2D eigenvalue weighted by Crippen LogP contribution is 2.29. The van der Waals surface area contributed by atoms with E-state index in [4.69, 9.17) is 4.74 Å². The fourth-order valence-corrected chi connectivity index (χ4v) is 4.45. The first-order chi connectivity index (χ1) is 15.1. The molecule has 6 nitrogen and oxygen atoms in total. The van der Waals surface area contributed by atoms with Crippen LogP contribution in [0.3, 0.4) is 0 Å². The zero-order valence-electron chi connectivity index (χ0n) is 17.3. The Morgan fingerprint density at radius 3 is 2.35 bits per heavy atom. The van der Waals surface area contributed by atoms with Crippen LogP contribution in [-0.2, 0) is 0 Å². The standard InChI is InChI=1S/C23H20N4O2S2/c1-15-20(16-9-11-19(29-2)12-10-16)27(18-13-24-22(30-3)25-14-18)23(31-15)26-21(28)17-7-5-4-6-8-17/h4-14H,1-3H3. The van der Waals surface area contributed by atoms with E-state index < -0.39 is 0 Å². The summed E-state index contributed by atoms with van der Waals surface area (Å²) in [5.74, 6) is 0.485. The number of thiazole rings is 1. The number of aryl methyl sites for hydroxylation is 1. The van der Waals surface area contributed by atoms with Crippen LogP contribution >= 0.6 is 23.1 Å². The van der Waals surface area contributed by atoms with Gasteiger partial charge in [-0.05, 0) is 55.1 Å². The Morgan fingerprint density at radius 2 is 1.74 bits per heavy atom. The zero-order valence-corrected chi connectivity index (χ0v) is 18.9. The maximum absolute atomic E-state index is 12.8. The Morgan fingerprint density at radius 1 is 1.06 bits per heavy atom. The molecule has 0 unspecified atom stereocenters. The van der Waals surface area contributed by atoms with Crippen LogP contribution in [0.5, 0.6) is 5.75 Å². The van der Waals surface area contributed by atoms with E-state index in [0.29, 0.717) is 15.5 Å². The number of carbonyl (C=O) groups excluding carboxylic acids is 1. The number of methoxy groups -OCH3 is 1. The number of hydrogen-bond acceptors (Lipinski definition) is 6. The molecule has 0 spiro atoms. The first-order valence-corrected chi connectivity index (χ1v) is 11.5. The van der Waals surface area contributed by atoms with Crippen molar-refractivity contribution >= 4 is 29.0 Å². The van der Waals surface area contributed by atoms with E-state index in [1.165, 1.54) is 23.1 Å². The normalized spacial score (nSPS) is 11.5. The molecular formula is C23H20N4O2S2. The molecule has 0 radical (unpaired) electrons. The third-order valence-corrected chi connectivity index (χ3v) is 6.16. The lowest BCUT2D eigenvalue weighted by atomic mass is 10.1. The number of ether oxygens (including phenoxy) is 1. The summed E-state index contributed by atoms with van der Waals surface area (Å²) in [6, 6.07) is 16.9. The molecule has 2 aromatic carbocycles. The van der Waals surface area contributed by atoms with Crippen LogP contribution < -0.4 is 9.54 Å². The number of benzene rings is 2. The number of amides is 1. The van der Waals surface area contributed by atoms with Gasteiger partial charge < -0.3 is 4.74 Å². The van der Waals surface area contributed by atoms with Crippen LogP contribution in [-0.4, -0.2) is 33.8 Å². The highest BCUT2D eigenvalue weighted by molar-refractivity contribution is 7.98. The molecule has 4 aromatic rings. The van der Waals surface area contributed by atoms with E-state index in [1.807, 2.05) is 60.2 Å². The van der Waals surface area contributed by atoms with E-state index in [1.54, 1.807) is 31.6 Å². The number of hydrogen-bond donors (Lipinski definition) is 0. The quantitative estimate of drug-likeness (QED) is 0.325. The van der Waals surface area contributed by atoms with Crippen molar-refractivity contribution in [2.24, 2.45) is 4.99 Å². The minimum atomic E-state index is -0.293. The molecule has 31 heavy (non-hydrogen) atoms. The summed E-state index contributed by atoms with van der Waals surface area (Å²) in [6.45, 7) is 2.02. The van der Waals surface area contributed by atoms with Crippen molar-refractivity contribution in [2.45, 2.75) is 12.1 Å². The van der Waals surface area contributed by atoms with Gasteiger partial charge in [0.15, 0.2) is 9.96 Å². The van der Waals surface area contributed by atoms with Gasteiger partial charge in [-0.2, -0.15) is 4.99 Å². The van der Waals surface area contributed by atoms with Gasteiger partial charge in [0, 0.05) is 10.4 Å². The van der Waals surface area contributed by atoms with Gasteiger partial charge in [0.1, 0.15) is 5.75 Å². The molecule has 2 aromatic heterocycles. The third-order valence-electron chi connectivity index (χ3n) is 4.63. The second-order valence-electron chi connectivity index (χ2n) is 6.56. The molecule has 1 amide bonds. The lowest BCUT2D eigenvalue weighted by Gasteiger charge is -2.11. The molecular weight excluding hydrogens is 428 g/mol. The first-order valence-electron chi connectivity index (χ1n) is 9.48. The second-order valence-corrected chi connectivity index (χ2v) is 8.52.